The first-order valence-electron chi connectivity index (χ1n) is 9.04. The number of likely N-dealkylation sites (tertiary alicyclic amines) is 1. The zero-order valence-electron chi connectivity index (χ0n) is 14.5. The minimum Gasteiger partial charge on any atom is -0.339 e. The van der Waals surface area contributed by atoms with Gasteiger partial charge in [0, 0.05) is 17.5 Å². The molecule has 1 saturated heterocycles. The summed E-state index contributed by atoms with van der Waals surface area (Å²) < 4.78 is 0. The molecule has 25 heavy (non-hydrogen) atoms. The maximum absolute atomic E-state index is 12.4. The van der Waals surface area contributed by atoms with Gasteiger partial charge in [0.15, 0.2) is 0 Å². The van der Waals surface area contributed by atoms with E-state index in [9.17, 15) is 9.59 Å². The highest BCUT2D eigenvalue weighted by Crippen LogP contribution is 2.34. The topological polar surface area (TPSA) is 66.1 Å². The molecule has 1 unspecified atom stereocenters. The van der Waals surface area contributed by atoms with E-state index in [0.717, 1.165) is 48.9 Å². The Morgan fingerprint density at radius 2 is 2.24 bits per heavy atom. The van der Waals surface area contributed by atoms with Crippen LogP contribution in [0.5, 0.6) is 0 Å². The van der Waals surface area contributed by atoms with E-state index < -0.39 is 0 Å². The second kappa shape index (κ2) is 7.11. The number of fused-ring (bicyclic) bond motifs is 3. The van der Waals surface area contributed by atoms with Crippen molar-refractivity contribution in [2.75, 3.05) is 12.3 Å². The lowest BCUT2D eigenvalue weighted by Crippen LogP contribution is -2.42. The van der Waals surface area contributed by atoms with Gasteiger partial charge < -0.3 is 9.88 Å². The second-order valence-electron chi connectivity index (χ2n) is 6.97. The first kappa shape index (κ1) is 17.1. The first-order chi connectivity index (χ1) is 12.1. The average molecular weight is 378 g/mol. The fraction of sp³-hybridized carbons (Fsp3) is 0.611. The quantitative estimate of drug-likeness (QED) is 0.889. The molecule has 5 nitrogen and oxygen atoms in total. The van der Waals surface area contributed by atoms with E-state index in [1.54, 1.807) is 11.3 Å². The molecule has 1 atom stereocenters. The van der Waals surface area contributed by atoms with E-state index in [0.29, 0.717) is 23.4 Å². The van der Waals surface area contributed by atoms with Gasteiger partial charge in [0.2, 0.25) is 5.91 Å². The number of aryl methyl sites for hydroxylation is 2. The molecule has 2 aliphatic rings. The molecule has 1 fully saturated rings. The molecule has 3 heterocycles. The third-order valence-corrected chi connectivity index (χ3v) is 7.33. The van der Waals surface area contributed by atoms with Crippen LogP contribution >= 0.6 is 23.1 Å². The molecule has 1 aliphatic heterocycles. The summed E-state index contributed by atoms with van der Waals surface area (Å²) in [5.74, 6) is 1.91. The maximum Gasteiger partial charge on any atom is 0.259 e. The number of piperidine rings is 1. The predicted octanol–water partition coefficient (Wildman–Crippen LogP) is 3.11. The third-order valence-electron chi connectivity index (χ3n) is 5.21. The van der Waals surface area contributed by atoms with Gasteiger partial charge in [0.05, 0.1) is 16.9 Å². The van der Waals surface area contributed by atoms with Crippen molar-refractivity contribution in [1.82, 2.24) is 14.9 Å². The molecule has 0 bridgehead atoms. The fourth-order valence-corrected chi connectivity index (χ4v) is 5.96. The molecule has 134 valence electrons. The van der Waals surface area contributed by atoms with Crippen LogP contribution in [-0.4, -0.2) is 39.1 Å². The van der Waals surface area contributed by atoms with Gasteiger partial charge in [-0.3, -0.25) is 9.59 Å². The first-order valence-corrected chi connectivity index (χ1v) is 11.0. The van der Waals surface area contributed by atoms with Crippen LogP contribution in [0.3, 0.4) is 0 Å². The van der Waals surface area contributed by atoms with E-state index in [4.69, 9.17) is 0 Å². The van der Waals surface area contributed by atoms with E-state index in [1.807, 2.05) is 4.90 Å². The van der Waals surface area contributed by atoms with Gasteiger partial charge in [-0.1, -0.05) is 0 Å². The summed E-state index contributed by atoms with van der Waals surface area (Å²) in [5.41, 5.74) is 1.19. The Hall–Kier alpha value is -1.34. The number of nitrogens with one attached hydrogen (secondary N) is 1. The van der Waals surface area contributed by atoms with E-state index in [2.05, 4.69) is 16.9 Å². The van der Waals surface area contributed by atoms with Crippen LogP contribution in [0, 0.1) is 0 Å². The van der Waals surface area contributed by atoms with E-state index >= 15 is 0 Å². The highest BCUT2D eigenvalue weighted by molar-refractivity contribution is 7.99. The molecule has 0 radical (unpaired) electrons. The van der Waals surface area contributed by atoms with Crippen molar-refractivity contribution >= 4 is 39.2 Å². The Kier molecular flexibility index (Phi) is 4.86. The van der Waals surface area contributed by atoms with Gasteiger partial charge in [-0.2, -0.15) is 0 Å². The number of H-pyrrole nitrogens is 1. The number of aromatic nitrogens is 2. The number of thiophene rings is 1. The summed E-state index contributed by atoms with van der Waals surface area (Å²) in [7, 11) is 0. The van der Waals surface area contributed by atoms with Crippen molar-refractivity contribution in [3.63, 3.8) is 0 Å². The Balaban J connectivity index is 1.41. The number of rotatable bonds is 4. The Morgan fingerprint density at radius 1 is 1.36 bits per heavy atom. The Labute approximate surface area is 155 Å². The molecular formula is C18H23N3O2S2. The summed E-state index contributed by atoms with van der Waals surface area (Å²) in [5, 5.41) is 0.796. The molecule has 0 saturated carbocycles. The summed E-state index contributed by atoms with van der Waals surface area (Å²) in [6.07, 6.45) is 6.64. The van der Waals surface area contributed by atoms with Gasteiger partial charge in [0.25, 0.3) is 5.56 Å². The highest BCUT2D eigenvalue weighted by Gasteiger charge is 2.23. The summed E-state index contributed by atoms with van der Waals surface area (Å²) in [6.45, 7) is 3.01. The number of carbonyl (C=O) groups is 1. The smallest absolute Gasteiger partial charge is 0.259 e. The van der Waals surface area contributed by atoms with Crippen molar-refractivity contribution in [3.8, 4) is 0 Å². The monoisotopic (exact) mass is 377 g/mol. The van der Waals surface area contributed by atoms with Crippen molar-refractivity contribution in [2.24, 2.45) is 0 Å². The molecule has 1 amide bonds. The minimum absolute atomic E-state index is 0.0176. The largest absolute Gasteiger partial charge is 0.339 e. The lowest BCUT2D eigenvalue weighted by molar-refractivity contribution is -0.131. The number of carbonyl (C=O) groups excluding carboxylic acids is 1. The number of amides is 1. The zero-order valence-corrected chi connectivity index (χ0v) is 16.1. The van der Waals surface area contributed by atoms with Gasteiger partial charge in [0.1, 0.15) is 10.7 Å². The number of hydrogen-bond donors (Lipinski definition) is 1. The third kappa shape index (κ3) is 3.36. The molecule has 0 aromatic carbocycles. The minimum atomic E-state index is -0.0176. The van der Waals surface area contributed by atoms with Crippen molar-refractivity contribution in [2.45, 2.75) is 57.2 Å². The Morgan fingerprint density at radius 3 is 3.08 bits per heavy atom. The van der Waals surface area contributed by atoms with Gasteiger partial charge in [-0.15, -0.1) is 23.1 Å². The zero-order chi connectivity index (χ0) is 17.4. The van der Waals surface area contributed by atoms with Gasteiger partial charge in [-0.05, 0) is 51.0 Å². The molecule has 7 heteroatoms. The van der Waals surface area contributed by atoms with Crippen LogP contribution < -0.4 is 5.56 Å². The van der Waals surface area contributed by atoms with Crippen molar-refractivity contribution < 1.29 is 4.79 Å². The van der Waals surface area contributed by atoms with Crippen LogP contribution in [-0.2, 0) is 23.4 Å². The normalized spacial score (nSPS) is 20.2. The van der Waals surface area contributed by atoms with Crippen LogP contribution in [0.15, 0.2) is 4.79 Å². The van der Waals surface area contributed by atoms with Crippen molar-refractivity contribution in [3.05, 3.63) is 26.6 Å². The number of aromatic amines is 1. The number of thioether (sulfide) groups is 1. The standard InChI is InChI=1S/C18H23N3O2S2/c1-11-5-2-3-8-21(11)15(22)10-24-9-14-19-17(23)16-12-6-4-7-13(12)25-18(16)20-14/h11H,2-10H2,1H3,(H,19,20,23). The number of nitrogens with zero attached hydrogens (tertiary/aromatic N) is 2. The maximum atomic E-state index is 12.4. The van der Waals surface area contributed by atoms with Gasteiger partial charge in [-0.25, -0.2) is 4.98 Å². The summed E-state index contributed by atoms with van der Waals surface area (Å²) in [4.78, 5) is 36.6. The molecule has 2 aromatic heterocycles. The fourth-order valence-electron chi connectivity index (χ4n) is 3.90. The molecule has 1 aliphatic carbocycles. The molecular weight excluding hydrogens is 354 g/mol. The van der Waals surface area contributed by atoms with Crippen molar-refractivity contribution in [1.29, 1.82) is 0 Å². The SMILES string of the molecule is CC1CCCCN1C(=O)CSCc1nc2sc3c(c2c(=O)[nH]1)CCC3. The van der Waals surface area contributed by atoms with Crippen LogP contribution in [0.2, 0.25) is 0 Å². The molecule has 2 aromatic rings. The lowest BCUT2D eigenvalue weighted by Gasteiger charge is -2.33. The van der Waals surface area contributed by atoms with E-state index in [1.165, 1.54) is 28.6 Å². The molecule has 1 N–H and O–H groups in total. The number of hydrogen-bond acceptors (Lipinski definition) is 5. The summed E-state index contributed by atoms with van der Waals surface area (Å²) in [6, 6.07) is 0.352. The van der Waals surface area contributed by atoms with Crippen LogP contribution in [0.1, 0.15) is 48.9 Å². The molecule has 4 rings (SSSR count). The van der Waals surface area contributed by atoms with Gasteiger partial charge >= 0.3 is 0 Å². The van der Waals surface area contributed by atoms with E-state index in [-0.39, 0.29) is 11.5 Å². The Bertz CT molecular complexity index is 858. The highest BCUT2D eigenvalue weighted by atomic mass is 32.2. The van der Waals surface area contributed by atoms with Crippen LogP contribution in [0.25, 0.3) is 10.2 Å². The predicted molar refractivity (Wildman–Crippen MR) is 103 cm³/mol. The summed E-state index contributed by atoms with van der Waals surface area (Å²) >= 11 is 3.20. The average Bonchev–Trinajstić information content (AvgIpc) is 3.15. The van der Waals surface area contributed by atoms with Crippen LogP contribution in [0.4, 0.5) is 0 Å². The lowest BCUT2D eigenvalue weighted by atomic mass is 10.0. The second-order valence-corrected chi connectivity index (χ2v) is 9.04. The molecule has 0 spiro atoms.